The van der Waals surface area contributed by atoms with Crippen LogP contribution < -0.4 is 56.8 Å². The van der Waals surface area contributed by atoms with E-state index in [1.165, 1.54) is 0 Å². The summed E-state index contributed by atoms with van der Waals surface area (Å²) in [4.78, 5) is 0. The van der Waals surface area contributed by atoms with Crippen molar-refractivity contribution in [1.29, 1.82) is 0 Å². The van der Waals surface area contributed by atoms with Crippen LogP contribution >= 0.6 is 0 Å². The van der Waals surface area contributed by atoms with Gasteiger partial charge in [-0.15, -0.1) is 5.46 Å². The summed E-state index contributed by atoms with van der Waals surface area (Å²) in [7, 11) is 0. The second-order valence-electron chi connectivity index (χ2n) is 2.13. The molecule has 0 nitrogen and oxygen atoms in total. The SMILES string of the molecule is Fc1ccc([B-](F)(F)F)cc1.[K+]. The van der Waals surface area contributed by atoms with Gasteiger partial charge in [-0.05, 0) is 12.1 Å². The van der Waals surface area contributed by atoms with Crippen LogP contribution in [0.25, 0.3) is 0 Å². The van der Waals surface area contributed by atoms with Crippen molar-refractivity contribution in [3.05, 3.63) is 30.1 Å². The molecule has 1 aromatic rings. The summed E-state index contributed by atoms with van der Waals surface area (Å²) < 4.78 is 47.7. The largest absolute Gasteiger partial charge is 1.00 e. The predicted molar refractivity (Wildman–Crippen MR) is 35.1 cm³/mol. The van der Waals surface area contributed by atoms with Crippen LogP contribution in [0.4, 0.5) is 17.3 Å². The molecular formula is C6H4BF4K. The molecule has 0 amide bonds. The van der Waals surface area contributed by atoms with Crippen molar-refractivity contribution in [2.75, 3.05) is 0 Å². The zero-order valence-electron chi connectivity index (χ0n) is 6.40. The van der Waals surface area contributed by atoms with E-state index >= 15 is 0 Å². The third-order valence-electron chi connectivity index (χ3n) is 1.25. The Kier molecular flexibility index (Phi) is 5.01. The maximum Gasteiger partial charge on any atom is 1.00 e. The molecule has 0 bridgehead atoms. The van der Waals surface area contributed by atoms with Crippen molar-refractivity contribution in [2.24, 2.45) is 0 Å². The molecule has 0 fully saturated rings. The molecule has 6 heteroatoms. The first-order valence-electron chi connectivity index (χ1n) is 2.95. The summed E-state index contributed by atoms with van der Waals surface area (Å²) >= 11 is 0. The Morgan fingerprint density at radius 3 is 1.67 bits per heavy atom. The average Bonchev–Trinajstić information content (AvgIpc) is 1.86. The first kappa shape index (κ1) is 12.6. The van der Waals surface area contributed by atoms with Gasteiger partial charge in [0.15, 0.2) is 0 Å². The van der Waals surface area contributed by atoms with Crippen LogP contribution in [-0.2, 0) is 0 Å². The quantitative estimate of drug-likeness (QED) is 0.400. The topological polar surface area (TPSA) is 0 Å². The summed E-state index contributed by atoms with van der Waals surface area (Å²) in [5, 5.41) is 0. The van der Waals surface area contributed by atoms with E-state index in [2.05, 4.69) is 0 Å². The Hall–Kier alpha value is 0.641. The molecular weight excluding hydrogens is 198 g/mol. The number of halogens is 4. The molecule has 12 heavy (non-hydrogen) atoms. The van der Waals surface area contributed by atoms with E-state index in [-0.39, 0.29) is 51.4 Å². The van der Waals surface area contributed by atoms with Gasteiger partial charge in [0, 0.05) is 0 Å². The van der Waals surface area contributed by atoms with Crippen LogP contribution in [0.2, 0.25) is 0 Å². The summed E-state index contributed by atoms with van der Waals surface area (Å²) in [5.41, 5.74) is -0.772. The van der Waals surface area contributed by atoms with Crippen molar-refractivity contribution < 1.29 is 68.7 Å². The third-order valence-corrected chi connectivity index (χ3v) is 1.25. The number of hydrogen-bond acceptors (Lipinski definition) is 0. The molecule has 0 heterocycles. The van der Waals surface area contributed by atoms with Gasteiger partial charge in [-0.1, -0.05) is 12.1 Å². The van der Waals surface area contributed by atoms with Gasteiger partial charge in [-0.3, -0.25) is 0 Å². The van der Waals surface area contributed by atoms with Crippen molar-refractivity contribution in [1.82, 2.24) is 0 Å². The van der Waals surface area contributed by atoms with Crippen LogP contribution in [0.1, 0.15) is 0 Å². The standard InChI is InChI=1S/C6H4BF4.K/c8-6-3-1-5(2-4-6)7(9,10)11;/h1-4H;/q-1;+1. The number of rotatable bonds is 1. The average molecular weight is 202 g/mol. The molecule has 0 aromatic heterocycles. The third kappa shape index (κ3) is 3.57. The van der Waals surface area contributed by atoms with E-state index in [4.69, 9.17) is 0 Å². The first-order valence-corrected chi connectivity index (χ1v) is 2.95. The van der Waals surface area contributed by atoms with Crippen molar-refractivity contribution in [3.8, 4) is 0 Å². The van der Waals surface area contributed by atoms with Gasteiger partial charge in [0.2, 0.25) is 0 Å². The van der Waals surface area contributed by atoms with Crippen LogP contribution in [0.3, 0.4) is 0 Å². The fourth-order valence-corrected chi connectivity index (χ4v) is 0.681. The van der Waals surface area contributed by atoms with E-state index < -0.39 is 18.3 Å². The molecule has 0 aliphatic rings. The van der Waals surface area contributed by atoms with E-state index in [0.717, 1.165) is 24.3 Å². The molecule has 0 radical (unpaired) electrons. The zero-order valence-corrected chi connectivity index (χ0v) is 9.52. The summed E-state index contributed by atoms with van der Waals surface area (Å²) in [6.07, 6.45) is 0. The normalized spacial score (nSPS) is 10.7. The fourth-order valence-electron chi connectivity index (χ4n) is 0.681. The minimum atomic E-state index is -4.98. The maximum atomic E-state index is 12.1. The Morgan fingerprint density at radius 1 is 0.917 bits per heavy atom. The van der Waals surface area contributed by atoms with Crippen LogP contribution in [0.5, 0.6) is 0 Å². The zero-order chi connectivity index (χ0) is 8.48. The Morgan fingerprint density at radius 2 is 1.33 bits per heavy atom. The van der Waals surface area contributed by atoms with Gasteiger partial charge >= 0.3 is 58.4 Å². The van der Waals surface area contributed by atoms with Crippen molar-refractivity contribution in [2.45, 2.75) is 0 Å². The second-order valence-corrected chi connectivity index (χ2v) is 2.13. The predicted octanol–water partition coefficient (Wildman–Crippen LogP) is -1.12. The van der Waals surface area contributed by atoms with Crippen molar-refractivity contribution in [3.63, 3.8) is 0 Å². The van der Waals surface area contributed by atoms with Crippen LogP contribution in [-0.4, -0.2) is 6.98 Å². The molecule has 0 unspecified atom stereocenters. The fraction of sp³-hybridized carbons (Fsp3) is 0. The summed E-state index contributed by atoms with van der Waals surface area (Å²) in [6, 6.07) is 3.06. The number of benzene rings is 1. The van der Waals surface area contributed by atoms with Gasteiger partial charge in [-0.25, -0.2) is 4.39 Å². The van der Waals surface area contributed by atoms with Crippen molar-refractivity contribution >= 4 is 12.4 Å². The van der Waals surface area contributed by atoms with E-state index in [1.807, 2.05) is 0 Å². The molecule has 0 saturated carbocycles. The summed E-state index contributed by atoms with van der Waals surface area (Å²) in [5.74, 6) is -0.659. The molecule has 0 aliphatic heterocycles. The van der Waals surface area contributed by atoms with Crippen LogP contribution in [0.15, 0.2) is 24.3 Å². The van der Waals surface area contributed by atoms with E-state index in [0.29, 0.717) is 0 Å². The van der Waals surface area contributed by atoms with Gasteiger partial charge in [0.05, 0.1) is 0 Å². The molecule has 0 saturated heterocycles. The molecule has 0 aliphatic carbocycles. The minimum absolute atomic E-state index is 0. The summed E-state index contributed by atoms with van der Waals surface area (Å²) in [6.45, 7) is -4.98. The number of hydrogen-bond donors (Lipinski definition) is 0. The molecule has 0 spiro atoms. The minimum Gasteiger partial charge on any atom is -0.445 e. The Labute approximate surface area is 110 Å². The molecule has 1 aromatic carbocycles. The van der Waals surface area contributed by atoms with Gasteiger partial charge in [-0.2, -0.15) is 0 Å². The second kappa shape index (κ2) is 4.76. The van der Waals surface area contributed by atoms with E-state index in [9.17, 15) is 17.3 Å². The van der Waals surface area contributed by atoms with Gasteiger partial charge in [0.25, 0.3) is 0 Å². The van der Waals surface area contributed by atoms with Gasteiger partial charge in [0.1, 0.15) is 5.82 Å². The molecule has 0 N–H and O–H groups in total. The first-order chi connectivity index (χ1) is 5.00. The maximum absolute atomic E-state index is 12.1. The molecule has 60 valence electrons. The van der Waals surface area contributed by atoms with Crippen LogP contribution in [0, 0.1) is 5.82 Å². The van der Waals surface area contributed by atoms with E-state index in [1.54, 1.807) is 0 Å². The van der Waals surface area contributed by atoms with Gasteiger partial charge < -0.3 is 12.9 Å². The smallest absolute Gasteiger partial charge is 0.445 e. The Balaban J connectivity index is 0.00000121. The monoisotopic (exact) mass is 202 g/mol. The molecule has 1 rings (SSSR count). The molecule has 0 atom stereocenters. The Bertz CT molecular complexity index is 243.